The summed E-state index contributed by atoms with van der Waals surface area (Å²) in [6, 6.07) is 4.64. The third-order valence-corrected chi connectivity index (χ3v) is 6.16. The lowest BCUT2D eigenvalue weighted by atomic mass is 9.98. The molecule has 1 heterocycles. The van der Waals surface area contributed by atoms with Crippen molar-refractivity contribution < 1.29 is 27.1 Å². The molecule has 0 aliphatic carbocycles. The van der Waals surface area contributed by atoms with Crippen molar-refractivity contribution in [3.63, 3.8) is 0 Å². The van der Waals surface area contributed by atoms with E-state index < -0.39 is 33.8 Å². The number of hydrogen-bond acceptors (Lipinski definition) is 5. The molecule has 0 radical (unpaired) electrons. The van der Waals surface area contributed by atoms with Crippen molar-refractivity contribution >= 4 is 21.9 Å². The van der Waals surface area contributed by atoms with E-state index in [1.54, 1.807) is 6.92 Å². The van der Waals surface area contributed by atoms with Crippen molar-refractivity contribution in [2.75, 3.05) is 19.6 Å². The summed E-state index contributed by atoms with van der Waals surface area (Å²) in [5, 5.41) is 2.57. The van der Waals surface area contributed by atoms with Crippen LogP contribution >= 0.6 is 0 Å². The Labute approximate surface area is 152 Å². The van der Waals surface area contributed by atoms with Gasteiger partial charge >= 0.3 is 5.97 Å². The van der Waals surface area contributed by atoms with E-state index in [4.69, 9.17) is 4.74 Å². The molecule has 1 aromatic rings. The molecular formula is C17H23FN2O5S. The van der Waals surface area contributed by atoms with Gasteiger partial charge in [0.15, 0.2) is 6.10 Å². The molecule has 7 nitrogen and oxygen atoms in total. The highest BCUT2D eigenvalue weighted by molar-refractivity contribution is 7.89. The molecule has 26 heavy (non-hydrogen) atoms. The summed E-state index contributed by atoms with van der Waals surface area (Å²) in [6.45, 7) is 4.03. The zero-order valence-electron chi connectivity index (χ0n) is 14.8. The van der Waals surface area contributed by atoms with Crippen LogP contribution in [0.3, 0.4) is 0 Å². The number of benzene rings is 1. The zero-order chi connectivity index (χ0) is 19.3. The number of sulfonamides is 1. The third kappa shape index (κ3) is 4.79. The highest BCUT2D eigenvalue weighted by atomic mass is 32.2. The van der Waals surface area contributed by atoms with Gasteiger partial charge in [-0.2, -0.15) is 4.31 Å². The van der Waals surface area contributed by atoms with Gasteiger partial charge in [0.25, 0.3) is 5.91 Å². The number of halogens is 1. The van der Waals surface area contributed by atoms with Crippen LogP contribution in [0.1, 0.15) is 26.7 Å². The minimum absolute atomic E-state index is 0.0183. The van der Waals surface area contributed by atoms with E-state index >= 15 is 0 Å². The largest absolute Gasteiger partial charge is 0.452 e. The fraction of sp³-hybridized carbons (Fsp3) is 0.529. The molecule has 2 rings (SSSR count). The molecule has 0 spiro atoms. The molecular weight excluding hydrogens is 363 g/mol. The van der Waals surface area contributed by atoms with Gasteiger partial charge in [-0.15, -0.1) is 0 Å². The Kier molecular flexibility index (Phi) is 6.71. The summed E-state index contributed by atoms with van der Waals surface area (Å²) in [5.41, 5.74) is 0. The van der Waals surface area contributed by atoms with Gasteiger partial charge in [-0.05, 0) is 51.0 Å². The topological polar surface area (TPSA) is 92.8 Å². The average molecular weight is 386 g/mol. The van der Waals surface area contributed by atoms with E-state index in [0.717, 1.165) is 12.1 Å². The summed E-state index contributed by atoms with van der Waals surface area (Å²) in [7, 11) is -3.72. The van der Waals surface area contributed by atoms with Gasteiger partial charge in [0.2, 0.25) is 10.0 Å². The minimum Gasteiger partial charge on any atom is -0.452 e. The molecule has 144 valence electrons. The number of hydrogen-bond donors (Lipinski definition) is 1. The molecule has 0 bridgehead atoms. The van der Waals surface area contributed by atoms with Crippen molar-refractivity contribution in [1.82, 2.24) is 9.62 Å². The lowest BCUT2D eigenvalue weighted by Gasteiger charge is -2.30. The van der Waals surface area contributed by atoms with Crippen LogP contribution in [0.15, 0.2) is 29.2 Å². The first-order valence-electron chi connectivity index (χ1n) is 8.49. The van der Waals surface area contributed by atoms with Crippen LogP contribution in [-0.4, -0.2) is 50.3 Å². The number of rotatable bonds is 6. The Morgan fingerprint density at radius 2 is 1.85 bits per heavy atom. The van der Waals surface area contributed by atoms with E-state index in [2.05, 4.69) is 5.32 Å². The molecule has 1 atom stereocenters. The van der Waals surface area contributed by atoms with Gasteiger partial charge in [-0.3, -0.25) is 9.59 Å². The second-order valence-corrected chi connectivity index (χ2v) is 8.04. The monoisotopic (exact) mass is 386 g/mol. The number of nitrogens with zero attached hydrogens (tertiary/aromatic N) is 1. The smallest absolute Gasteiger partial charge is 0.309 e. The van der Waals surface area contributed by atoms with Gasteiger partial charge in [-0.1, -0.05) is 0 Å². The first kappa shape index (κ1) is 20.3. The van der Waals surface area contributed by atoms with Gasteiger partial charge in [0.05, 0.1) is 10.8 Å². The molecule has 1 N–H and O–H groups in total. The maximum atomic E-state index is 13.0. The molecule has 1 aliphatic heterocycles. The number of piperidine rings is 1. The van der Waals surface area contributed by atoms with E-state index in [1.165, 1.54) is 23.4 Å². The predicted molar refractivity (Wildman–Crippen MR) is 92.1 cm³/mol. The van der Waals surface area contributed by atoms with Crippen molar-refractivity contribution in [3.8, 4) is 0 Å². The van der Waals surface area contributed by atoms with Gasteiger partial charge in [-0.25, -0.2) is 12.8 Å². The highest BCUT2D eigenvalue weighted by Crippen LogP contribution is 2.25. The number of likely N-dealkylation sites (N-methyl/N-ethyl adjacent to an activating group) is 1. The van der Waals surface area contributed by atoms with E-state index in [0.29, 0.717) is 19.4 Å². The maximum absolute atomic E-state index is 13.0. The highest BCUT2D eigenvalue weighted by Gasteiger charge is 2.33. The number of amides is 1. The predicted octanol–water partition coefficient (Wildman–Crippen LogP) is 1.29. The van der Waals surface area contributed by atoms with Crippen LogP contribution in [0.2, 0.25) is 0 Å². The number of ether oxygens (including phenoxy) is 1. The maximum Gasteiger partial charge on any atom is 0.309 e. The van der Waals surface area contributed by atoms with Crippen molar-refractivity contribution in [2.24, 2.45) is 5.92 Å². The van der Waals surface area contributed by atoms with E-state index in [9.17, 15) is 22.4 Å². The van der Waals surface area contributed by atoms with Gasteiger partial charge in [0, 0.05) is 19.6 Å². The number of carbonyl (C=O) groups is 2. The molecule has 1 aromatic carbocycles. The Hall–Kier alpha value is -2.00. The van der Waals surface area contributed by atoms with E-state index in [-0.39, 0.29) is 23.9 Å². The molecule has 1 aliphatic rings. The summed E-state index contributed by atoms with van der Waals surface area (Å²) >= 11 is 0. The summed E-state index contributed by atoms with van der Waals surface area (Å²) in [4.78, 5) is 23.8. The standard InChI is InChI=1S/C17H23FN2O5S/c1-3-19-16(21)12(2)25-17(22)13-8-10-20(11-9-13)26(23,24)15-6-4-14(18)5-7-15/h4-7,12-13H,3,8-11H2,1-2H3,(H,19,21)/t12-/m1/s1. The van der Waals surface area contributed by atoms with Crippen molar-refractivity contribution in [3.05, 3.63) is 30.1 Å². The van der Waals surface area contributed by atoms with E-state index in [1.807, 2.05) is 0 Å². The Balaban J connectivity index is 1.93. The average Bonchev–Trinajstić information content (AvgIpc) is 2.62. The quantitative estimate of drug-likeness (QED) is 0.744. The molecule has 9 heteroatoms. The third-order valence-electron chi connectivity index (χ3n) is 4.25. The zero-order valence-corrected chi connectivity index (χ0v) is 15.6. The lowest BCUT2D eigenvalue weighted by Crippen LogP contribution is -2.42. The van der Waals surface area contributed by atoms with Crippen molar-refractivity contribution in [1.29, 1.82) is 0 Å². The Morgan fingerprint density at radius 1 is 1.27 bits per heavy atom. The first-order chi connectivity index (χ1) is 12.3. The fourth-order valence-electron chi connectivity index (χ4n) is 2.73. The summed E-state index contributed by atoms with van der Waals surface area (Å²) in [5.74, 6) is -1.82. The fourth-order valence-corrected chi connectivity index (χ4v) is 4.20. The van der Waals surface area contributed by atoms with Crippen LogP contribution in [-0.2, 0) is 24.3 Å². The molecule has 0 saturated carbocycles. The first-order valence-corrected chi connectivity index (χ1v) is 9.93. The SMILES string of the molecule is CCNC(=O)[C@@H](C)OC(=O)C1CCN(S(=O)(=O)c2ccc(F)cc2)CC1. The number of esters is 1. The minimum atomic E-state index is -3.72. The normalized spacial score (nSPS) is 17.5. The van der Waals surface area contributed by atoms with Crippen molar-refractivity contribution in [2.45, 2.75) is 37.7 Å². The Morgan fingerprint density at radius 3 is 2.38 bits per heavy atom. The van der Waals surface area contributed by atoms with Crippen LogP contribution < -0.4 is 5.32 Å². The van der Waals surface area contributed by atoms with Gasteiger partial charge < -0.3 is 10.1 Å². The number of nitrogens with one attached hydrogen (secondary N) is 1. The summed E-state index contributed by atoms with van der Waals surface area (Å²) < 4.78 is 44.5. The van der Waals surface area contributed by atoms with Crippen LogP contribution in [0.4, 0.5) is 4.39 Å². The van der Waals surface area contributed by atoms with Gasteiger partial charge in [0.1, 0.15) is 5.82 Å². The summed E-state index contributed by atoms with van der Waals surface area (Å²) in [6.07, 6.45) is -0.272. The molecule has 0 aromatic heterocycles. The van der Waals surface area contributed by atoms with Crippen LogP contribution in [0, 0.1) is 11.7 Å². The lowest BCUT2D eigenvalue weighted by molar-refractivity contribution is -0.159. The Bertz CT molecular complexity index is 743. The molecule has 1 saturated heterocycles. The second kappa shape index (κ2) is 8.59. The number of carbonyl (C=O) groups excluding carboxylic acids is 2. The molecule has 1 fully saturated rings. The van der Waals surface area contributed by atoms with Crippen LogP contribution in [0.5, 0.6) is 0 Å². The molecule has 0 unspecified atom stereocenters. The molecule has 1 amide bonds. The second-order valence-electron chi connectivity index (χ2n) is 6.11. The van der Waals surface area contributed by atoms with Crippen LogP contribution in [0.25, 0.3) is 0 Å².